The lowest BCUT2D eigenvalue weighted by molar-refractivity contribution is 0.0777. The van der Waals surface area contributed by atoms with Crippen molar-refractivity contribution >= 4 is 16.7 Å². The minimum absolute atomic E-state index is 0.0291. The highest BCUT2D eigenvalue weighted by molar-refractivity contribution is 5.92. The van der Waals surface area contributed by atoms with Gasteiger partial charge in [-0.2, -0.15) is 0 Å². The summed E-state index contributed by atoms with van der Waals surface area (Å²) in [5.74, 6) is -0.0291. The van der Waals surface area contributed by atoms with Gasteiger partial charge in [0.05, 0.1) is 12.7 Å². The van der Waals surface area contributed by atoms with Crippen molar-refractivity contribution in [3.05, 3.63) is 59.9 Å². The highest BCUT2D eigenvalue weighted by Crippen LogP contribution is 2.20. The number of hydrogen-bond acceptors (Lipinski definition) is 4. The number of likely N-dealkylation sites (N-methyl/N-ethyl adjacent to an activating group) is 1. The van der Waals surface area contributed by atoms with Gasteiger partial charge in [-0.1, -0.05) is 47.7 Å². The maximum atomic E-state index is 12.7. The Kier molecular flexibility index (Phi) is 4.42. The van der Waals surface area contributed by atoms with Gasteiger partial charge in [0.15, 0.2) is 5.69 Å². The lowest BCUT2D eigenvalue weighted by Gasteiger charge is -2.19. The van der Waals surface area contributed by atoms with E-state index >= 15 is 0 Å². The van der Waals surface area contributed by atoms with Gasteiger partial charge in [0.2, 0.25) is 0 Å². The van der Waals surface area contributed by atoms with Gasteiger partial charge in [0.1, 0.15) is 0 Å². The van der Waals surface area contributed by atoms with E-state index in [0.717, 1.165) is 19.5 Å². The van der Waals surface area contributed by atoms with Gasteiger partial charge in [-0.05, 0) is 36.9 Å². The van der Waals surface area contributed by atoms with Crippen molar-refractivity contribution < 1.29 is 4.79 Å². The second kappa shape index (κ2) is 6.88. The lowest BCUT2D eigenvalue weighted by atomic mass is 10.0. The van der Waals surface area contributed by atoms with Crippen molar-refractivity contribution in [2.24, 2.45) is 0 Å². The van der Waals surface area contributed by atoms with Crippen molar-refractivity contribution in [2.45, 2.75) is 19.0 Å². The molecule has 1 aromatic heterocycles. The summed E-state index contributed by atoms with van der Waals surface area (Å²) in [6, 6.07) is 14.9. The molecule has 1 saturated heterocycles. The fourth-order valence-electron chi connectivity index (χ4n) is 3.59. The Morgan fingerprint density at radius 3 is 2.81 bits per heavy atom. The number of benzene rings is 2. The Labute approximate surface area is 153 Å². The average molecular weight is 349 g/mol. The normalized spacial score (nSPS) is 17.3. The van der Waals surface area contributed by atoms with Crippen LogP contribution in [0.25, 0.3) is 10.8 Å². The number of rotatable bonds is 4. The molecule has 1 atom stereocenters. The molecule has 0 bridgehead atoms. The molecular formula is C20H23N5O. The summed E-state index contributed by atoms with van der Waals surface area (Å²) in [6.07, 6.45) is 2.76. The maximum Gasteiger partial charge on any atom is 0.276 e. The molecule has 3 aromatic rings. The van der Waals surface area contributed by atoms with E-state index < -0.39 is 0 Å². The molecule has 0 radical (unpaired) electrons. The van der Waals surface area contributed by atoms with Gasteiger partial charge < -0.3 is 9.80 Å². The molecule has 6 nitrogen and oxygen atoms in total. The molecule has 4 rings (SSSR count). The van der Waals surface area contributed by atoms with E-state index in [1.807, 2.05) is 23.1 Å². The number of hydrogen-bond donors (Lipinski definition) is 0. The minimum atomic E-state index is -0.0291. The molecule has 6 heteroatoms. The Morgan fingerprint density at radius 1 is 1.19 bits per heavy atom. The van der Waals surface area contributed by atoms with Crippen LogP contribution in [0.2, 0.25) is 0 Å². The van der Waals surface area contributed by atoms with Crippen LogP contribution in [0.15, 0.2) is 48.7 Å². The third kappa shape index (κ3) is 3.20. The smallest absolute Gasteiger partial charge is 0.276 e. The van der Waals surface area contributed by atoms with Crippen molar-refractivity contribution in [3.63, 3.8) is 0 Å². The van der Waals surface area contributed by atoms with E-state index in [1.165, 1.54) is 16.3 Å². The number of amides is 1. The van der Waals surface area contributed by atoms with Crippen LogP contribution in [-0.4, -0.2) is 63.9 Å². The topological polar surface area (TPSA) is 54.3 Å². The number of carbonyl (C=O) groups excluding carboxylic acids is 1. The summed E-state index contributed by atoms with van der Waals surface area (Å²) in [5.41, 5.74) is 1.59. The molecule has 0 N–H and O–H groups in total. The third-order valence-electron chi connectivity index (χ3n) is 5.15. The van der Waals surface area contributed by atoms with Crippen LogP contribution in [-0.2, 0) is 6.54 Å². The molecule has 2 heterocycles. The molecule has 134 valence electrons. The first-order valence-corrected chi connectivity index (χ1v) is 8.94. The number of likely N-dealkylation sites (tertiary alicyclic amines) is 1. The van der Waals surface area contributed by atoms with Gasteiger partial charge in [-0.15, -0.1) is 5.10 Å². The molecule has 1 aliphatic rings. The maximum absolute atomic E-state index is 12.7. The first-order chi connectivity index (χ1) is 12.6. The van der Waals surface area contributed by atoms with Crippen LogP contribution < -0.4 is 0 Å². The quantitative estimate of drug-likeness (QED) is 0.725. The predicted molar refractivity (Wildman–Crippen MR) is 101 cm³/mol. The minimum Gasteiger partial charge on any atom is -0.336 e. The Morgan fingerprint density at radius 2 is 2.00 bits per heavy atom. The van der Waals surface area contributed by atoms with Crippen LogP contribution in [0.4, 0.5) is 0 Å². The van der Waals surface area contributed by atoms with E-state index in [0.29, 0.717) is 18.3 Å². The number of aromatic nitrogens is 3. The molecule has 1 fully saturated rings. The third-order valence-corrected chi connectivity index (χ3v) is 5.15. The first kappa shape index (κ1) is 16.7. The second-order valence-electron chi connectivity index (χ2n) is 7.10. The summed E-state index contributed by atoms with van der Waals surface area (Å²) >= 11 is 0. The molecule has 0 saturated carbocycles. The van der Waals surface area contributed by atoms with Gasteiger partial charge in [0, 0.05) is 19.1 Å². The number of nitrogens with zero attached hydrogens (tertiary/aromatic N) is 5. The van der Waals surface area contributed by atoms with Crippen LogP contribution in [0, 0.1) is 0 Å². The van der Waals surface area contributed by atoms with Gasteiger partial charge in [-0.3, -0.25) is 4.79 Å². The summed E-state index contributed by atoms with van der Waals surface area (Å²) in [5, 5.41) is 10.7. The first-order valence-electron chi connectivity index (χ1n) is 8.94. The van der Waals surface area contributed by atoms with Crippen molar-refractivity contribution in [1.29, 1.82) is 0 Å². The van der Waals surface area contributed by atoms with E-state index in [2.05, 4.69) is 53.6 Å². The zero-order valence-electron chi connectivity index (χ0n) is 15.2. The van der Waals surface area contributed by atoms with Crippen LogP contribution >= 0.6 is 0 Å². The van der Waals surface area contributed by atoms with Crippen molar-refractivity contribution in [2.75, 3.05) is 27.2 Å². The molecule has 2 aromatic carbocycles. The van der Waals surface area contributed by atoms with Crippen LogP contribution in [0.5, 0.6) is 0 Å². The van der Waals surface area contributed by atoms with E-state index in [9.17, 15) is 4.79 Å². The zero-order valence-corrected chi connectivity index (χ0v) is 15.2. The van der Waals surface area contributed by atoms with Gasteiger partial charge >= 0.3 is 0 Å². The number of carbonyl (C=O) groups is 1. The van der Waals surface area contributed by atoms with E-state index in [-0.39, 0.29) is 5.91 Å². The van der Waals surface area contributed by atoms with Gasteiger partial charge in [0.25, 0.3) is 5.91 Å². The molecule has 1 amide bonds. The number of fused-ring (bicyclic) bond motifs is 1. The van der Waals surface area contributed by atoms with Crippen molar-refractivity contribution in [1.82, 2.24) is 24.8 Å². The van der Waals surface area contributed by atoms with Crippen LogP contribution in [0.3, 0.4) is 0 Å². The largest absolute Gasteiger partial charge is 0.336 e. The average Bonchev–Trinajstić information content (AvgIpc) is 3.31. The lowest BCUT2D eigenvalue weighted by Crippen LogP contribution is -2.34. The zero-order chi connectivity index (χ0) is 18.1. The molecule has 0 aliphatic carbocycles. The van der Waals surface area contributed by atoms with E-state index in [1.54, 1.807) is 10.9 Å². The monoisotopic (exact) mass is 349 g/mol. The fraction of sp³-hybridized carbons (Fsp3) is 0.350. The summed E-state index contributed by atoms with van der Waals surface area (Å²) < 4.78 is 1.74. The van der Waals surface area contributed by atoms with Gasteiger partial charge in [-0.25, -0.2) is 4.68 Å². The summed E-state index contributed by atoms with van der Waals surface area (Å²) in [4.78, 5) is 16.7. The fourth-order valence-corrected chi connectivity index (χ4v) is 3.59. The molecule has 0 unspecified atom stereocenters. The molecule has 26 heavy (non-hydrogen) atoms. The summed E-state index contributed by atoms with van der Waals surface area (Å²) in [6.45, 7) is 2.13. The highest BCUT2D eigenvalue weighted by Gasteiger charge is 2.29. The van der Waals surface area contributed by atoms with E-state index in [4.69, 9.17) is 0 Å². The van der Waals surface area contributed by atoms with Crippen molar-refractivity contribution in [3.8, 4) is 0 Å². The Balaban J connectivity index is 1.50. The molecule has 0 spiro atoms. The van der Waals surface area contributed by atoms with Crippen LogP contribution in [0.1, 0.15) is 22.5 Å². The summed E-state index contributed by atoms with van der Waals surface area (Å²) in [7, 11) is 4.11. The Hall–Kier alpha value is -2.73. The molecule has 1 aliphatic heterocycles. The SMILES string of the molecule is CN(C)[C@H]1CCN(C(=O)c2cn(Cc3cccc4ccccc34)nn2)C1. The standard InChI is InChI=1S/C20H23N5O/c1-23(2)17-10-11-24(13-17)20(26)19-14-25(22-21-19)12-16-8-5-7-15-6-3-4-9-18(15)16/h3-9,14,17H,10-13H2,1-2H3/t17-/m0/s1. The second-order valence-corrected chi connectivity index (χ2v) is 7.10. The Bertz CT molecular complexity index is 927. The highest BCUT2D eigenvalue weighted by atomic mass is 16.2. The predicted octanol–water partition coefficient (Wildman–Crippen LogP) is 2.26. The molecular weight excluding hydrogens is 326 g/mol.